The number of carbonyl (C=O) groups is 2. The Bertz CT molecular complexity index is 1570. The quantitative estimate of drug-likeness (QED) is 0.107. The van der Waals surface area contributed by atoms with E-state index in [1.807, 2.05) is 48.5 Å². The summed E-state index contributed by atoms with van der Waals surface area (Å²) in [7, 11) is 4.37. The monoisotopic (exact) mass is 737 g/mol. The van der Waals surface area contributed by atoms with E-state index >= 15 is 0 Å². The van der Waals surface area contributed by atoms with E-state index in [1.165, 1.54) is 23.4 Å². The van der Waals surface area contributed by atoms with Crippen LogP contribution in [0.15, 0.2) is 97.1 Å². The summed E-state index contributed by atoms with van der Waals surface area (Å²) in [5.74, 6) is 0.0921. The molecule has 0 bridgehead atoms. The predicted octanol–water partition coefficient (Wildman–Crippen LogP) is 8.57. The molecular weight excluding hydrogens is 689 g/mol. The number of hydrogen-bond acceptors (Lipinski definition) is 6. The number of amides is 1. The molecule has 5 rings (SSSR count). The first kappa shape index (κ1) is 40.5. The number of carbonyl (C=O) groups excluding carboxylic acids is 2. The van der Waals surface area contributed by atoms with Crippen LogP contribution in [0.1, 0.15) is 75.5 Å². The third kappa shape index (κ3) is 10.6. The highest BCUT2D eigenvalue weighted by Crippen LogP contribution is 2.44. The molecule has 4 atom stereocenters. The van der Waals surface area contributed by atoms with Crippen molar-refractivity contribution >= 4 is 42.5 Å². The second-order valence-electron chi connectivity index (χ2n) is 12.0. The second kappa shape index (κ2) is 18.2. The number of alkyl halides is 1. The molecule has 258 valence electrons. The van der Waals surface area contributed by atoms with Crippen molar-refractivity contribution in [3.8, 4) is 16.9 Å². The van der Waals surface area contributed by atoms with Crippen LogP contribution in [0.3, 0.4) is 0 Å². The Morgan fingerprint density at radius 1 is 0.854 bits per heavy atom. The number of rotatable bonds is 8. The van der Waals surface area contributed by atoms with E-state index in [9.17, 15) is 14.7 Å². The second-order valence-corrected chi connectivity index (χ2v) is 13.6. The van der Waals surface area contributed by atoms with Crippen LogP contribution in [0.5, 0.6) is 5.75 Å². The van der Waals surface area contributed by atoms with Crippen LogP contribution in [0, 0.1) is 0 Å². The van der Waals surface area contributed by atoms with Crippen molar-refractivity contribution in [3.63, 3.8) is 0 Å². The van der Waals surface area contributed by atoms with Gasteiger partial charge in [-0.25, -0.2) is 9.59 Å². The largest absolute Gasteiger partial charge is 0.497 e. The summed E-state index contributed by atoms with van der Waals surface area (Å²) in [6, 6.07) is 31.4. The molecule has 1 amide bonds. The summed E-state index contributed by atoms with van der Waals surface area (Å²) in [4.78, 5) is 24.8. The molecule has 4 aromatic carbocycles. The highest BCUT2D eigenvalue weighted by atomic mass is 79.9. The molecule has 0 saturated heterocycles. The van der Waals surface area contributed by atoms with E-state index in [0.29, 0.717) is 0 Å². The van der Waals surface area contributed by atoms with E-state index in [1.54, 1.807) is 27.9 Å². The number of esters is 1. The lowest BCUT2D eigenvalue weighted by Crippen LogP contribution is -2.50. The average Bonchev–Trinajstić information content (AvgIpc) is 3.35. The lowest BCUT2D eigenvalue weighted by molar-refractivity contribution is -0.160. The fourth-order valence-electron chi connectivity index (χ4n) is 5.14. The van der Waals surface area contributed by atoms with E-state index in [2.05, 4.69) is 79.0 Å². The molecular formula is C39H49BrNO6P. The smallest absolute Gasteiger partial charge is 0.407 e. The standard InChI is InChI=1S/C23H27NO5.C14H14BrOP.2CH4/c1-14(25)20(21(26)29-23(2,3)4)24-22(27)28-13-19-17-11-7-5-9-15(17)16-10-6-8-12-18(16)19;1-16-12-6-2-10(3-7-12)14(15)11-4-8-13(17)9-5-11;;/h5-12,14,19-20,25H,13H2,1-4H3,(H,24,27);2-9,14H,17H2,1H3;2*1H4/t14-,20+;;;/m1.../s1. The van der Waals surface area contributed by atoms with Gasteiger partial charge in [-0.3, -0.25) is 0 Å². The first-order valence-electron chi connectivity index (χ1n) is 15.0. The minimum Gasteiger partial charge on any atom is -0.497 e. The fraction of sp³-hybridized carbons (Fsp3) is 0.333. The molecule has 1 aliphatic rings. The van der Waals surface area contributed by atoms with Crippen molar-refractivity contribution in [1.29, 1.82) is 0 Å². The van der Waals surface area contributed by atoms with Gasteiger partial charge in [-0.2, -0.15) is 0 Å². The van der Waals surface area contributed by atoms with E-state index < -0.39 is 29.8 Å². The van der Waals surface area contributed by atoms with E-state index in [0.717, 1.165) is 28.0 Å². The van der Waals surface area contributed by atoms with Gasteiger partial charge in [0.1, 0.15) is 18.0 Å². The van der Waals surface area contributed by atoms with Crippen molar-refractivity contribution < 1.29 is 28.9 Å². The summed E-state index contributed by atoms with van der Waals surface area (Å²) < 4.78 is 15.8. The summed E-state index contributed by atoms with van der Waals surface area (Å²) in [5, 5.41) is 13.5. The summed E-state index contributed by atoms with van der Waals surface area (Å²) in [5.41, 5.74) is 6.21. The molecule has 0 spiro atoms. The van der Waals surface area contributed by atoms with E-state index in [-0.39, 0.29) is 32.2 Å². The van der Waals surface area contributed by atoms with Gasteiger partial charge in [-0.15, -0.1) is 9.24 Å². The molecule has 2 unspecified atom stereocenters. The van der Waals surface area contributed by atoms with Crippen LogP contribution in [0.25, 0.3) is 11.1 Å². The molecule has 0 aromatic heterocycles. The van der Waals surface area contributed by atoms with Crippen molar-refractivity contribution in [1.82, 2.24) is 5.32 Å². The number of ether oxygens (including phenoxy) is 3. The van der Waals surface area contributed by atoms with Gasteiger partial charge < -0.3 is 24.6 Å². The number of aliphatic hydroxyl groups is 1. The van der Waals surface area contributed by atoms with Gasteiger partial charge in [0.15, 0.2) is 6.04 Å². The minimum atomic E-state index is -1.20. The number of hydrogen-bond donors (Lipinski definition) is 2. The molecule has 0 heterocycles. The maximum Gasteiger partial charge on any atom is 0.407 e. The predicted molar refractivity (Wildman–Crippen MR) is 203 cm³/mol. The first-order valence-corrected chi connectivity index (χ1v) is 16.5. The van der Waals surface area contributed by atoms with Gasteiger partial charge in [0.05, 0.1) is 18.0 Å². The summed E-state index contributed by atoms with van der Waals surface area (Å²) >= 11 is 3.72. The zero-order valence-corrected chi connectivity index (χ0v) is 29.4. The molecule has 0 saturated carbocycles. The van der Waals surface area contributed by atoms with Gasteiger partial charge in [0, 0.05) is 5.92 Å². The maximum atomic E-state index is 12.4. The highest BCUT2D eigenvalue weighted by Gasteiger charge is 2.32. The van der Waals surface area contributed by atoms with E-state index in [4.69, 9.17) is 14.2 Å². The molecule has 0 aliphatic heterocycles. The van der Waals surface area contributed by atoms with Gasteiger partial charge in [-0.05, 0) is 78.5 Å². The summed E-state index contributed by atoms with van der Waals surface area (Å²) in [6.07, 6.45) is -1.89. The molecule has 48 heavy (non-hydrogen) atoms. The Morgan fingerprint density at radius 2 is 1.33 bits per heavy atom. The minimum absolute atomic E-state index is 0. The molecule has 2 N–H and O–H groups in total. The van der Waals surface area contributed by atoms with Crippen molar-refractivity contribution in [2.45, 2.75) is 71.0 Å². The lowest BCUT2D eigenvalue weighted by atomic mass is 9.98. The first-order chi connectivity index (χ1) is 21.9. The lowest BCUT2D eigenvalue weighted by Gasteiger charge is -2.26. The number of benzene rings is 4. The zero-order chi connectivity index (χ0) is 33.4. The Hall–Kier alpha value is -3.71. The zero-order valence-electron chi connectivity index (χ0n) is 26.7. The number of nitrogens with one attached hydrogen (secondary N) is 1. The Balaban J connectivity index is 0.000000361. The molecule has 1 aliphatic carbocycles. The SMILES string of the molecule is C.C.COc1ccc(C(Br)c2ccc(P)cc2)cc1.C[C@@H](O)[C@H](NC(=O)OCC1c2ccccc2-c2ccccc21)C(=O)OC(C)(C)C. The number of halogens is 1. The average molecular weight is 739 g/mol. The molecule has 7 nitrogen and oxygen atoms in total. The van der Waals surface area contributed by atoms with Gasteiger partial charge in [0.2, 0.25) is 0 Å². The summed E-state index contributed by atoms with van der Waals surface area (Å²) in [6.45, 7) is 6.70. The molecule has 0 fully saturated rings. The van der Waals surface area contributed by atoms with Crippen molar-refractivity contribution in [3.05, 3.63) is 119 Å². The third-order valence-electron chi connectivity index (χ3n) is 7.40. The number of aliphatic hydroxyl groups excluding tert-OH is 1. The fourth-order valence-corrected chi connectivity index (χ4v) is 5.94. The van der Waals surface area contributed by atoms with Crippen LogP contribution in [-0.4, -0.2) is 48.6 Å². The molecule has 4 aromatic rings. The van der Waals surface area contributed by atoms with Gasteiger partial charge >= 0.3 is 12.1 Å². The maximum absolute atomic E-state index is 12.4. The Labute approximate surface area is 296 Å². The Kier molecular flexibility index (Phi) is 15.3. The van der Waals surface area contributed by atoms with Crippen LogP contribution in [0.4, 0.5) is 4.79 Å². The number of fused-ring (bicyclic) bond motifs is 3. The number of alkyl carbamates (subject to hydrolysis) is 1. The van der Waals surface area contributed by atoms with Gasteiger partial charge in [-0.1, -0.05) is 116 Å². The van der Waals surface area contributed by atoms with Crippen LogP contribution in [0.2, 0.25) is 0 Å². The van der Waals surface area contributed by atoms with Crippen LogP contribution >= 0.6 is 25.2 Å². The van der Waals surface area contributed by atoms with Gasteiger partial charge in [0.25, 0.3) is 0 Å². The van der Waals surface area contributed by atoms with Crippen molar-refractivity contribution in [2.24, 2.45) is 0 Å². The normalized spacial score (nSPS) is 13.4. The van der Waals surface area contributed by atoms with Crippen LogP contribution in [-0.2, 0) is 14.3 Å². The molecule has 0 radical (unpaired) electrons. The number of methoxy groups -OCH3 is 1. The highest BCUT2D eigenvalue weighted by molar-refractivity contribution is 9.09. The van der Waals surface area contributed by atoms with Crippen LogP contribution < -0.4 is 15.4 Å². The van der Waals surface area contributed by atoms with Crippen molar-refractivity contribution in [2.75, 3.05) is 13.7 Å². The third-order valence-corrected chi connectivity index (χ3v) is 8.84. The topological polar surface area (TPSA) is 94.1 Å². The molecule has 9 heteroatoms. The Morgan fingerprint density at radius 3 is 1.79 bits per heavy atom.